The second-order valence-corrected chi connectivity index (χ2v) is 24.3. The van der Waals surface area contributed by atoms with E-state index in [0.29, 0.717) is 6.42 Å². The van der Waals surface area contributed by atoms with Gasteiger partial charge < -0.3 is 15.5 Å². The molecule has 80 heavy (non-hydrogen) atoms. The molecule has 1 amide bonds. The first-order chi connectivity index (χ1) is 39.7. The maximum Gasteiger partial charge on any atom is 0.220 e. The average molecular weight is 1110 g/mol. The molecule has 0 aliphatic rings. The SMILES string of the molecule is CC/C=C\C/C=C\C/C=C\C/C=C\CCCCCCCCCCCCCCCCCCCCCCCCCCC(=O)NC(CO)C(O)/C=C/CC/C=C/CC/C=C/CCCCCCCCCCCCCCCCCCCCCCC. The molecule has 0 aliphatic carbocycles. The monoisotopic (exact) mass is 1110 g/mol. The Morgan fingerprint density at radius 2 is 0.562 bits per heavy atom. The Balaban J connectivity index is 3.47. The van der Waals surface area contributed by atoms with Crippen molar-refractivity contribution < 1.29 is 15.0 Å². The van der Waals surface area contributed by atoms with Crippen molar-refractivity contribution in [3.63, 3.8) is 0 Å². The molecule has 3 N–H and O–H groups in total. The molecule has 0 heterocycles. The fraction of sp³-hybridized carbons (Fsp3) is 0.803. The Bertz CT molecular complexity index is 1400. The highest BCUT2D eigenvalue weighted by Crippen LogP contribution is 2.19. The van der Waals surface area contributed by atoms with Gasteiger partial charge in [-0.3, -0.25) is 4.79 Å². The minimum Gasteiger partial charge on any atom is -0.394 e. The Labute approximate surface area is 501 Å². The summed E-state index contributed by atoms with van der Waals surface area (Å²) in [7, 11) is 0. The van der Waals surface area contributed by atoms with E-state index in [-0.39, 0.29) is 12.5 Å². The first kappa shape index (κ1) is 77.6. The summed E-state index contributed by atoms with van der Waals surface area (Å²) in [4.78, 5) is 12.5. The van der Waals surface area contributed by atoms with E-state index >= 15 is 0 Å². The maximum atomic E-state index is 12.5. The van der Waals surface area contributed by atoms with Crippen molar-refractivity contribution in [3.8, 4) is 0 Å². The average Bonchev–Trinajstić information content (AvgIpc) is 3.46. The minimum absolute atomic E-state index is 0.0726. The summed E-state index contributed by atoms with van der Waals surface area (Å²) in [5, 5.41) is 23.3. The molecule has 0 aliphatic heterocycles. The smallest absolute Gasteiger partial charge is 0.220 e. The van der Waals surface area contributed by atoms with Gasteiger partial charge in [0.25, 0.3) is 0 Å². The number of nitrogens with one attached hydrogen (secondary N) is 1. The predicted octanol–water partition coefficient (Wildman–Crippen LogP) is 24.6. The Morgan fingerprint density at radius 1 is 0.312 bits per heavy atom. The zero-order chi connectivity index (χ0) is 57.6. The number of allylic oxidation sites excluding steroid dienone is 13. The molecule has 4 nitrogen and oxygen atoms in total. The standard InChI is InChI=1S/C76H139NO3/c1-3-5-7-9-11-13-15-17-19-21-23-25-27-29-31-33-35-36-37-38-39-40-42-44-46-48-50-52-54-56-58-60-62-64-66-68-70-72-76(80)77-74(73-78)75(79)71-69-67-65-63-61-59-57-55-53-51-49-47-45-43-41-34-32-30-28-26-24-22-20-18-16-14-12-10-8-6-4-2/h5,7,11,13,17,19,23,25,53,55,61,63,69,71,74-75,78-79H,3-4,6,8-10,12,14-16,18,20-22,24,26-52,54,56-60,62,64-68,70,72-73H2,1-2H3,(H,77,80)/b7-5-,13-11-,19-17-,25-23-,55-53+,63-61+,71-69+. The summed E-state index contributed by atoms with van der Waals surface area (Å²) in [6.45, 7) is 4.22. The third kappa shape index (κ3) is 66.4. The van der Waals surface area contributed by atoms with Crippen molar-refractivity contribution in [1.29, 1.82) is 0 Å². The minimum atomic E-state index is -0.874. The van der Waals surface area contributed by atoms with Crippen molar-refractivity contribution in [2.45, 2.75) is 386 Å². The lowest BCUT2D eigenvalue weighted by molar-refractivity contribution is -0.123. The van der Waals surface area contributed by atoms with Gasteiger partial charge in [0, 0.05) is 6.42 Å². The van der Waals surface area contributed by atoms with Crippen LogP contribution in [0.3, 0.4) is 0 Å². The number of carbonyl (C=O) groups excluding carboxylic acids is 1. The third-order valence-corrected chi connectivity index (χ3v) is 16.3. The van der Waals surface area contributed by atoms with Crippen molar-refractivity contribution in [2.24, 2.45) is 0 Å². The summed E-state index contributed by atoms with van der Waals surface area (Å²) in [6, 6.07) is -0.649. The lowest BCUT2D eigenvalue weighted by atomic mass is 10.0. The zero-order valence-electron chi connectivity index (χ0n) is 53.8. The van der Waals surface area contributed by atoms with E-state index in [4.69, 9.17) is 0 Å². The number of carbonyl (C=O) groups is 1. The van der Waals surface area contributed by atoms with E-state index < -0.39 is 12.1 Å². The van der Waals surface area contributed by atoms with Gasteiger partial charge in [0.15, 0.2) is 0 Å². The van der Waals surface area contributed by atoms with Crippen LogP contribution in [0, 0.1) is 0 Å². The van der Waals surface area contributed by atoms with Crippen molar-refractivity contribution in [3.05, 3.63) is 85.1 Å². The summed E-state index contributed by atoms with van der Waals surface area (Å²) >= 11 is 0. The highest BCUT2D eigenvalue weighted by atomic mass is 16.3. The Kier molecular flexibility index (Phi) is 68.7. The highest BCUT2D eigenvalue weighted by Gasteiger charge is 2.18. The van der Waals surface area contributed by atoms with Crippen LogP contribution in [0.25, 0.3) is 0 Å². The van der Waals surface area contributed by atoms with Crippen LogP contribution in [0.4, 0.5) is 0 Å². The van der Waals surface area contributed by atoms with Gasteiger partial charge in [-0.2, -0.15) is 0 Å². The quantitative estimate of drug-likeness (QED) is 0.0420. The molecule has 466 valence electrons. The van der Waals surface area contributed by atoms with Crippen LogP contribution in [-0.4, -0.2) is 34.9 Å². The van der Waals surface area contributed by atoms with E-state index in [1.807, 2.05) is 6.08 Å². The van der Waals surface area contributed by atoms with Crippen molar-refractivity contribution in [1.82, 2.24) is 5.32 Å². The first-order valence-corrected chi connectivity index (χ1v) is 35.8. The van der Waals surface area contributed by atoms with E-state index in [2.05, 4.69) is 92.1 Å². The van der Waals surface area contributed by atoms with E-state index in [1.54, 1.807) is 6.08 Å². The second-order valence-electron chi connectivity index (χ2n) is 24.3. The molecule has 0 spiro atoms. The van der Waals surface area contributed by atoms with Gasteiger partial charge in [0.05, 0.1) is 18.8 Å². The van der Waals surface area contributed by atoms with Gasteiger partial charge in [-0.25, -0.2) is 0 Å². The van der Waals surface area contributed by atoms with E-state index in [0.717, 1.165) is 64.2 Å². The molecular weight excluding hydrogens is 975 g/mol. The molecule has 4 heteroatoms. The molecule has 0 fully saturated rings. The summed E-state index contributed by atoms with van der Waals surface area (Å²) in [6.07, 6.45) is 104. The molecule has 0 saturated heterocycles. The molecule has 0 aromatic carbocycles. The van der Waals surface area contributed by atoms with E-state index in [9.17, 15) is 15.0 Å². The van der Waals surface area contributed by atoms with Crippen molar-refractivity contribution in [2.75, 3.05) is 6.61 Å². The second kappa shape index (κ2) is 70.8. The van der Waals surface area contributed by atoms with Gasteiger partial charge in [-0.05, 0) is 83.5 Å². The fourth-order valence-corrected chi connectivity index (χ4v) is 11.0. The third-order valence-electron chi connectivity index (χ3n) is 16.3. The predicted molar refractivity (Wildman–Crippen MR) is 359 cm³/mol. The number of hydrogen-bond acceptors (Lipinski definition) is 3. The van der Waals surface area contributed by atoms with Crippen LogP contribution in [-0.2, 0) is 4.79 Å². The van der Waals surface area contributed by atoms with Crippen LogP contribution in [0.2, 0.25) is 0 Å². The van der Waals surface area contributed by atoms with Crippen LogP contribution in [0.1, 0.15) is 373 Å². The lowest BCUT2D eigenvalue weighted by Crippen LogP contribution is -2.45. The molecule has 0 radical (unpaired) electrons. The summed E-state index contributed by atoms with van der Waals surface area (Å²) in [5.74, 6) is -0.0726. The normalized spacial score (nSPS) is 13.2. The summed E-state index contributed by atoms with van der Waals surface area (Å²) in [5.41, 5.74) is 0. The van der Waals surface area contributed by atoms with Crippen LogP contribution in [0.5, 0.6) is 0 Å². The highest BCUT2D eigenvalue weighted by molar-refractivity contribution is 5.76. The van der Waals surface area contributed by atoms with E-state index in [1.165, 1.54) is 289 Å². The molecule has 0 saturated carbocycles. The zero-order valence-corrected chi connectivity index (χ0v) is 53.8. The van der Waals surface area contributed by atoms with Crippen LogP contribution < -0.4 is 5.32 Å². The van der Waals surface area contributed by atoms with Gasteiger partial charge >= 0.3 is 0 Å². The number of unbranched alkanes of at least 4 members (excludes halogenated alkanes) is 47. The number of aliphatic hydroxyl groups is 2. The topological polar surface area (TPSA) is 69.6 Å². The molecular formula is C76H139NO3. The number of rotatable bonds is 66. The molecule has 2 unspecified atom stereocenters. The van der Waals surface area contributed by atoms with Crippen LogP contribution >= 0.6 is 0 Å². The van der Waals surface area contributed by atoms with Gasteiger partial charge in [0.1, 0.15) is 0 Å². The maximum absolute atomic E-state index is 12.5. The Morgan fingerprint density at radius 3 is 0.875 bits per heavy atom. The first-order valence-electron chi connectivity index (χ1n) is 35.8. The number of aliphatic hydroxyl groups excluding tert-OH is 2. The number of hydrogen-bond donors (Lipinski definition) is 3. The fourth-order valence-electron chi connectivity index (χ4n) is 11.0. The lowest BCUT2D eigenvalue weighted by Gasteiger charge is -2.19. The molecule has 0 bridgehead atoms. The van der Waals surface area contributed by atoms with Crippen LogP contribution in [0.15, 0.2) is 85.1 Å². The molecule has 0 aromatic rings. The van der Waals surface area contributed by atoms with Gasteiger partial charge in [0.2, 0.25) is 5.91 Å². The van der Waals surface area contributed by atoms with Crippen molar-refractivity contribution >= 4 is 5.91 Å². The largest absolute Gasteiger partial charge is 0.394 e. The Hall–Kier alpha value is -2.43. The molecule has 0 aromatic heterocycles. The number of amides is 1. The van der Waals surface area contributed by atoms with Gasteiger partial charge in [-0.15, -0.1) is 0 Å². The molecule has 0 rings (SSSR count). The van der Waals surface area contributed by atoms with Gasteiger partial charge in [-0.1, -0.05) is 369 Å². The molecule has 2 atom stereocenters. The summed E-state index contributed by atoms with van der Waals surface area (Å²) < 4.78 is 0.